The molecule has 0 atom stereocenters. The zero-order valence-electron chi connectivity index (χ0n) is 15.1. The largest absolute Gasteiger partial charge is 0.488 e. The van der Waals surface area contributed by atoms with Crippen LogP contribution in [0, 0.1) is 0 Å². The van der Waals surface area contributed by atoms with Crippen LogP contribution >= 0.6 is 0 Å². The standard InChI is InChI=1S/C18H29F2N3O2/c1-3-4-10-24-11-6-9-22-18(21-2)23-13-15-7-5-8-16(12-15)25-14-17(19)20/h5,7-8,12,17H,3-4,6,9-11,13-14H2,1-2H3,(H2,21,22,23). The molecule has 0 saturated carbocycles. The maximum atomic E-state index is 12.2. The van der Waals surface area contributed by atoms with E-state index >= 15 is 0 Å². The first-order chi connectivity index (χ1) is 12.2. The molecule has 0 aromatic heterocycles. The van der Waals surface area contributed by atoms with Crippen LogP contribution in [0.1, 0.15) is 31.7 Å². The van der Waals surface area contributed by atoms with Crippen LogP contribution in [0.15, 0.2) is 29.3 Å². The van der Waals surface area contributed by atoms with Gasteiger partial charge in [-0.05, 0) is 30.5 Å². The molecule has 5 nitrogen and oxygen atoms in total. The average molecular weight is 357 g/mol. The molecule has 142 valence electrons. The van der Waals surface area contributed by atoms with Gasteiger partial charge in [-0.25, -0.2) is 8.78 Å². The van der Waals surface area contributed by atoms with Crippen LogP contribution in [0.5, 0.6) is 5.75 Å². The van der Waals surface area contributed by atoms with Crippen LogP contribution in [0.4, 0.5) is 8.78 Å². The fourth-order valence-corrected chi connectivity index (χ4v) is 2.04. The van der Waals surface area contributed by atoms with Gasteiger partial charge < -0.3 is 20.1 Å². The van der Waals surface area contributed by atoms with Crippen molar-refractivity contribution in [3.63, 3.8) is 0 Å². The molecule has 0 bridgehead atoms. The van der Waals surface area contributed by atoms with Gasteiger partial charge in [-0.2, -0.15) is 0 Å². The molecule has 1 rings (SSSR count). The van der Waals surface area contributed by atoms with Gasteiger partial charge in [0.2, 0.25) is 0 Å². The van der Waals surface area contributed by atoms with E-state index < -0.39 is 13.0 Å². The molecule has 0 spiro atoms. The van der Waals surface area contributed by atoms with Gasteiger partial charge >= 0.3 is 0 Å². The Hall–Kier alpha value is -1.89. The summed E-state index contributed by atoms with van der Waals surface area (Å²) in [6.45, 7) is 4.38. The summed E-state index contributed by atoms with van der Waals surface area (Å²) >= 11 is 0. The zero-order valence-corrected chi connectivity index (χ0v) is 15.1. The van der Waals surface area contributed by atoms with Crippen molar-refractivity contribution in [1.82, 2.24) is 10.6 Å². The van der Waals surface area contributed by atoms with Crippen molar-refractivity contribution in [2.24, 2.45) is 4.99 Å². The van der Waals surface area contributed by atoms with E-state index in [2.05, 4.69) is 22.5 Å². The highest BCUT2D eigenvalue weighted by Gasteiger charge is 2.04. The van der Waals surface area contributed by atoms with Crippen molar-refractivity contribution in [2.75, 3.05) is 33.4 Å². The van der Waals surface area contributed by atoms with Gasteiger partial charge in [0.1, 0.15) is 12.4 Å². The Balaban J connectivity index is 2.26. The molecule has 0 aliphatic carbocycles. The molecule has 0 amide bonds. The first kappa shape index (κ1) is 21.2. The molecular formula is C18H29F2N3O2. The summed E-state index contributed by atoms with van der Waals surface area (Å²) in [5, 5.41) is 6.40. The van der Waals surface area contributed by atoms with Crippen molar-refractivity contribution in [3.8, 4) is 5.75 Å². The van der Waals surface area contributed by atoms with E-state index in [1.165, 1.54) is 0 Å². The van der Waals surface area contributed by atoms with Crippen LogP contribution in [0.2, 0.25) is 0 Å². The van der Waals surface area contributed by atoms with Crippen LogP contribution in [0.25, 0.3) is 0 Å². The third-order valence-electron chi connectivity index (χ3n) is 3.36. The fourth-order valence-electron chi connectivity index (χ4n) is 2.04. The molecule has 0 aliphatic rings. The molecule has 0 heterocycles. The van der Waals surface area contributed by atoms with Crippen molar-refractivity contribution in [1.29, 1.82) is 0 Å². The predicted molar refractivity (Wildman–Crippen MR) is 96.5 cm³/mol. The Kier molecular flexibility index (Phi) is 11.3. The first-order valence-electron chi connectivity index (χ1n) is 8.67. The van der Waals surface area contributed by atoms with Crippen molar-refractivity contribution < 1.29 is 18.3 Å². The van der Waals surface area contributed by atoms with Gasteiger partial charge in [0.25, 0.3) is 6.43 Å². The molecule has 1 aromatic carbocycles. The number of unbranched alkanes of at least 4 members (excludes halogenated alkanes) is 1. The molecular weight excluding hydrogens is 328 g/mol. The molecule has 0 saturated heterocycles. The number of nitrogens with zero attached hydrogens (tertiary/aromatic N) is 1. The molecule has 7 heteroatoms. The first-order valence-corrected chi connectivity index (χ1v) is 8.67. The second-order valence-corrected chi connectivity index (χ2v) is 5.52. The summed E-state index contributed by atoms with van der Waals surface area (Å²) in [4.78, 5) is 4.16. The third kappa shape index (κ3) is 10.6. The van der Waals surface area contributed by atoms with E-state index in [9.17, 15) is 8.78 Å². The Bertz CT molecular complexity index is 499. The number of hydrogen-bond donors (Lipinski definition) is 2. The van der Waals surface area contributed by atoms with Gasteiger partial charge in [-0.3, -0.25) is 4.99 Å². The minimum absolute atomic E-state index is 0.437. The lowest BCUT2D eigenvalue weighted by atomic mass is 10.2. The predicted octanol–water partition coefficient (Wildman–Crippen LogP) is 3.20. The van der Waals surface area contributed by atoms with E-state index in [1.807, 2.05) is 6.07 Å². The second-order valence-electron chi connectivity index (χ2n) is 5.52. The Morgan fingerprint density at radius 1 is 1.20 bits per heavy atom. The minimum atomic E-state index is -2.48. The van der Waals surface area contributed by atoms with Gasteiger partial charge in [0.15, 0.2) is 5.96 Å². The number of aliphatic imine (C=N–C) groups is 1. The number of alkyl halides is 2. The lowest BCUT2D eigenvalue weighted by molar-refractivity contribution is 0.0818. The highest BCUT2D eigenvalue weighted by molar-refractivity contribution is 5.79. The summed E-state index contributed by atoms with van der Waals surface area (Å²) in [7, 11) is 1.70. The molecule has 2 N–H and O–H groups in total. The van der Waals surface area contributed by atoms with Crippen molar-refractivity contribution in [2.45, 2.75) is 39.2 Å². The second kappa shape index (κ2) is 13.4. The third-order valence-corrected chi connectivity index (χ3v) is 3.36. The number of ether oxygens (including phenoxy) is 2. The van der Waals surface area contributed by atoms with Crippen molar-refractivity contribution >= 4 is 5.96 Å². The summed E-state index contributed by atoms with van der Waals surface area (Å²) in [5.41, 5.74) is 0.928. The molecule has 25 heavy (non-hydrogen) atoms. The molecule has 0 unspecified atom stereocenters. The van der Waals surface area contributed by atoms with Crippen LogP contribution in [-0.4, -0.2) is 45.8 Å². The van der Waals surface area contributed by atoms with E-state index in [1.54, 1.807) is 25.2 Å². The molecule has 0 radical (unpaired) electrons. The Labute approximate surface area is 148 Å². The Morgan fingerprint density at radius 3 is 2.72 bits per heavy atom. The summed E-state index contributed by atoms with van der Waals surface area (Å²) < 4.78 is 34.9. The lowest BCUT2D eigenvalue weighted by Gasteiger charge is -2.13. The smallest absolute Gasteiger partial charge is 0.272 e. The maximum absolute atomic E-state index is 12.2. The summed E-state index contributed by atoms with van der Waals surface area (Å²) in [5.74, 6) is 1.12. The van der Waals surface area contributed by atoms with Crippen molar-refractivity contribution in [3.05, 3.63) is 29.8 Å². The van der Waals surface area contributed by atoms with E-state index in [0.29, 0.717) is 18.3 Å². The van der Waals surface area contributed by atoms with E-state index in [-0.39, 0.29) is 0 Å². The van der Waals surface area contributed by atoms with E-state index in [4.69, 9.17) is 9.47 Å². The zero-order chi connectivity index (χ0) is 18.3. The van der Waals surface area contributed by atoms with Crippen LogP contribution in [0.3, 0.4) is 0 Å². The minimum Gasteiger partial charge on any atom is -0.488 e. The number of halogens is 2. The normalized spacial score (nSPS) is 11.6. The number of rotatable bonds is 12. The number of hydrogen-bond acceptors (Lipinski definition) is 3. The molecule has 0 fully saturated rings. The Morgan fingerprint density at radius 2 is 2.00 bits per heavy atom. The number of benzene rings is 1. The molecule has 1 aromatic rings. The molecule has 0 aliphatic heterocycles. The van der Waals surface area contributed by atoms with Gasteiger partial charge in [-0.1, -0.05) is 25.5 Å². The van der Waals surface area contributed by atoms with E-state index in [0.717, 1.165) is 44.6 Å². The topological polar surface area (TPSA) is 54.9 Å². The number of nitrogens with one attached hydrogen (secondary N) is 2. The quantitative estimate of drug-likeness (QED) is 0.343. The van der Waals surface area contributed by atoms with Crippen LogP contribution < -0.4 is 15.4 Å². The van der Waals surface area contributed by atoms with Gasteiger partial charge in [0, 0.05) is 33.4 Å². The van der Waals surface area contributed by atoms with Gasteiger partial charge in [0.05, 0.1) is 0 Å². The monoisotopic (exact) mass is 357 g/mol. The highest BCUT2D eigenvalue weighted by Crippen LogP contribution is 2.14. The number of guanidine groups is 1. The lowest BCUT2D eigenvalue weighted by Crippen LogP contribution is -2.37. The maximum Gasteiger partial charge on any atom is 0.272 e. The average Bonchev–Trinajstić information content (AvgIpc) is 2.62. The van der Waals surface area contributed by atoms with Crippen LogP contribution in [-0.2, 0) is 11.3 Å². The van der Waals surface area contributed by atoms with Gasteiger partial charge in [-0.15, -0.1) is 0 Å². The fraction of sp³-hybridized carbons (Fsp3) is 0.611. The summed E-state index contributed by atoms with van der Waals surface area (Å²) in [6.07, 6.45) is 0.664. The SMILES string of the molecule is CCCCOCCCNC(=NC)NCc1cccc(OCC(F)F)c1. The summed E-state index contributed by atoms with van der Waals surface area (Å²) in [6, 6.07) is 7.08. The highest BCUT2D eigenvalue weighted by atomic mass is 19.3.